The summed E-state index contributed by atoms with van der Waals surface area (Å²) in [5.41, 5.74) is 8.45. The van der Waals surface area contributed by atoms with Crippen LogP contribution in [0.1, 0.15) is 11.1 Å². The van der Waals surface area contributed by atoms with E-state index in [0.29, 0.717) is 5.56 Å². The van der Waals surface area contributed by atoms with Crippen molar-refractivity contribution in [3.05, 3.63) is 65.9 Å². The molecule has 2 atom stereocenters. The number of nitrogens with one attached hydrogen (secondary N) is 4. The Hall–Kier alpha value is -4.38. The van der Waals surface area contributed by atoms with Gasteiger partial charge in [0.05, 0.1) is 12.6 Å². The molecule has 0 saturated carbocycles. The molecule has 1 heterocycles. The zero-order chi connectivity index (χ0) is 25.4. The van der Waals surface area contributed by atoms with Crippen LogP contribution in [0, 0.1) is 0 Å². The molecule has 184 valence electrons. The minimum absolute atomic E-state index is 0.0383. The maximum Gasteiger partial charge on any atom is 0.322 e. The van der Waals surface area contributed by atoms with Gasteiger partial charge in [0.2, 0.25) is 17.7 Å². The standard InChI is InChI=1S/C24H27N5O6/c25-18(10-15-11-26-19-4-2-1-3-17(15)19)23(34)27-12-21(31)29-20(24(35)28-13-22(32)33)9-14-5-7-16(30)8-6-14/h1-8,11,18,20,26,30H,9-10,12-13,25H2,(H,27,34)(H,28,35)(H,29,31)(H,32,33). The minimum Gasteiger partial charge on any atom is -0.508 e. The summed E-state index contributed by atoms with van der Waals surface area (Å²) in [5, 5.41) is 26.4. The number of rotatable bonds is 11. The summed E-state index contributed by atoms with van der Waals surface area (Å²) in [4.78, 5) is 51.2. The zero-order valence-corrected chi connectivity index (χ0v) is 18.8. The van der Waals surface area contributed by atoms with Crippen LogP contribution in [-0.4, -0.2) is 64.1 Å². The van der Waals surface area contributed by atoms with Crippen LogP contribution in [0.25, 0.3) is 10.9 Å². The van der Waals surface area contributed by atoms with E-state index >= 15 is 0 Å². The highest BCUT2D eigenvalue weighted by atomic mass is 16.4. The van der Waals surface area contributed by atoms with Crippen molar-refractivity contribution in [2.75, 3.05) is 13.1 Å². The molecule has 0 radical (unpaired) electrons. The van der Waals surface area contributed by atoms with Crippen LogP contribution in [0.5, 0.6) is 5.75 Å². The number of fused-ring (bicyclic) bond motifs is 1. The Balaban J connectivity index is 1.56. The third-order valence-corrected chi connectivity index (χ3v) is 5.32. The summed E-state index contributed by atoms with van der Waals surface area (Å²) in [5.74, 6) is -3.07. The molecule has 11 nitrogen and oxygen atoms in total. The van der Waals surface area contributed by atoms with Gasteiger partial charge in [-0.05, 0) is 35.7 Å². The van der Waals surface area contributed by atoms with Gasteiger partial charge >= 0.3 is 5.97 Å². The molecule has 0 fully saturated rings. The molecule has 11 heteroatoms. The SMILES string of the molecule is NC(Cc1c[nH]c2ccccc12)C(=O)NCC(=O)NC(Cc1ccc(O)cc1)C(=O)NCC(=O)O. The third kappa shape index (κ3) is 7.30. The molecule has 0 bridgehead atoms. The zero-order valence-electron chi connectivity index (χ0n) is 18.8. The Bertz CT molecular complexity index is 1210. The first kappa shape index (κ1) is 25.2. The van der Waals surface area contributed by atoms with Crippen LogP contribution in [0.4, 0.5) is 0 Å². The molecule has 3 rings (SSSR count). The van der Waals surface area contributed by atoms with E-state index in [0.717, 1.165) is 16.5 Å². The lowest BCUT2D eigenvalue weighted by Crippen LogP contribution is -2.52. The van der Waals surface area contributed by atoms with Crippen molar-refractivity contribution < 1.29 is 29.4 Å². The van der Waals surface area contributed by atoms with Gasteiger partial charge in [0.25, 0.3) is 0 Å². The second kappa shape index (κ2) is 11.7. The minimum atomic E-state index is -1.23. The van der Waals surface area contributed by atoms with Gasteiger partial charge in [0.1, 0.15) is 18.3 Å². The number of benzene rings is 2. The van der Waals surface area contributed by atoms with E-state index in [9.17, 15) is 24.3 Å². The number of aromatic hydroxyl groups is 1. The number of aliphatic carboxylic acids is 1. The van der Waals surface area contributed by atoms with Crippen molar-refractivity contribution >= 4 is 34.6 Å². The van der Waals surface area contributed by atoms with Gasteiger partial charge in [-0.25, -0.2) is 0 Å². The van der Waals surface area contributed by atoms with Crippen molar-refractivity contribution in [2.45, 2.75) is 24.9 Å². The first-order valence-electron chi connectivity index (χ1n) is 10.9. The first-order valence-corrected chi connectivity index (χ1v) is 10.9. The number of carboxylic acid groups (broad SMARTS) is 1. The van der Waals surface area contributed by atoms with E-state index in [1.165, 1.54) is 12.1 Å². The second-order valence-electron chi connectivity index (χ2n) is 7.99. The summed E-state index contributed by atoms with van der Waals surface area (Å²) in [6.07, 6.45) is 2.10. The molecule has 2 aromatic carbocycles. The summed E-state index contributed by atoms with van der Waals surface area (Å²) in [7, 11) is 0. The van der Waals surface area contributed by atoms with E-state index in [2.05, 4.69) is 20.9 Å². The normalized spacial score (nSPS) is 12.5. The lowest BCUT2D eigenvalue weighted by atomic mass is 10.0. The molecular formula is C24H27N5O6. The van der Waals surface area contributed by atoms with Gasteiger partial charge in [-0.1, -0.05) is 30.3 Å². The Morgan fingerprint density at radius 2 is 1.60 bits per heavy atom. The second-order valence-corrected chi connectivity index (χ2v) is 7.99. The van der Waals surface area contributed by atoms with Gasteiger partial charge in [-0.2, -0.15) is 0 Å². The number of amides is 3. The maximum atomic E-state index is 12.5. The number of phenolic OH excluding ortho intramolecular Hbond substituents is 1. The number of aromatic amines is 1. The van der Waals surface area contributed by atoms with Gasteiger partial charge in [-0.15, -0.1) is 0 Å². The number of carboxylic acids is 1. The number of aromatic nitrogens is 1. The highest BCUT2D eigenvalue weighted by molar-refractivity contribution is 5.92. The molecule has 3 amide bonds. The van der Waals surface area contributed by atoms with E-state index in [4.69, 9.17) is 10.8 Å². The predicted octanol–water partition coefficient (Wildman–Crippen LogP) is -0.212. The van der Waals surface area contributed by atoms with Crippen LogP contribution < -0.4 is 21.7 Å². The van der Waals surface area contributed by atoms with E-state index in [1.54, 1.807) is 18.3 Å². The lowest BCUT2D eigenvalue weighted by Gasteiger charge is -2.19. The highest BCUT2D eigenvalue weighted by Crippen LogP contribution is 2.18. The van der Waals surface area contributed by atoms with Crippen molar-refractivity contribution in [1.82, 2.24) is 20.9 Å². The van der Waals surface area contributed by atoms with Crippen molar-refractivity contribution in [3.63, 3.8) is 0 Å². The number of H-pyrrole nitrogens is 1. The number of para-hydroxylation sites is 1. The average molecular weight is 482 g/mol. The smallest absolute Gasteiger partial charge is 0.322 e. The summed E-state index contributed by atoms with van der Waals surface area (Å²) in [6.45, 7) is -1.03. The van der Waals surface area contributed by atoms with Crippen molar-refractivity contribution in [1.29, 1.82) is 0 Å². The monoisotopic (exact) mass is 481 g/mol. The van der Waals surface area contributed by atoms with E-state index in [1.807, 2.05) is 24.3 Å². The molecule has 1 aromatic heterocycles. The van der Waals surface area contributed by atoms with E-state index in [-0.39, 0.29) is 18.6 Å². The van der Waals surface area contributed by atoms with Crippen molar-refractivity contribution in [2.24, 2.45) is 5.73 Å². The topological polar surface area (TPSA) is 187 Å². The Morgan fingerprint density at radius 1 is 0.914 bits per heavy atom. The van der Waals surface area contributed by atoms with Crippen molar-refractivity contribution in [3.8, 4) is 5.75 Å². The Kier molecular flexibility index (Phi) is 8.41. The number of hydrogen-bond acceptors (Lipinski definition) is 6. The fraction of sp³-hybridized carbons (Fsp3) is 0.250. The number of carbonyl (C=O) groups excluding carboxylic acids is 3. The van der Waals surface area contributed by atoms with Crippen LogP contribution in [0.3, 0.4) is 0 Å². The number of phenols is 1. The molecule has 0 aliphatic carbocycles. The Labute approximate surface area is 200 Å². The molecule has 2 unspecified atom stereocenters. The van der Waals surface area contributed by atoms with Crippen LogP contribution in [0.2, 0.25) is 0 Å². The molecule has 3 aromatic rings. The molecule has 0 saturated heterocycles. The lowest BCUT2D eigenvalue weighted by molar-refractivity contribution is -0.138. The van der Waals surface area contributed by atoms with Crippen LogP contribution in [0.15, 0.2) is 54.7 Å². The maximum absolute atomic E-state index is 12.5. The quantitative estimate of drug-likeness (QED) is 0.197. The van der Waals surface area contributed by atoms with E-state index < -0.39 is 48.9 Å². The molecule has 0 aliphatic heterocycles. The summed E-state index contributed by atoms with van der Waals surface area (Å²) in [6, 6.07) is 11.6. The summed E-state index contributed by atoms with van der Waals surface area (Å²) < 4.78 is 0. The average Bonchev–Trinajstić information content (AvgIpc) is 3.24. The fourth-order valence-corrected chi connectivity index (χ4v) is 3.54. The predicted molar refractivity (Wildman–Crippen MR) is 127 cm³/mol. The number of nitrogens with two attached hydrogens (primary N) is 1. The molecule has 8 N–H and O–H groups in total. The number of carbonyl (C=O) groups is 4. The highest BCUT2D eigenvalue weighted by Gasteiger charge is 2.23. The van der Waals surface area contributed by atoms with Crippen LogP contribution in [-0.2, 0) is 32.0 Å². The molecule has 0 spiro atoms. The first-order chi connectivity index (χ1) is 16.7. The molecular weight excluding hydrogens is 454 g/mol. The molecule has 0 aliphatic rings. The third-order valence-electron chi connectivity index (χ3n) is 5.32. The number of hydrogen-bond donors (Lipinski definition) is 7. The van der Waals surface area contributed by atoms with Crippen LogP contribution >= 0.6 is 0 Å². The molecule has 35 heavy (non-hydrogen) atoms. The van der Waals surface area contributed by atoms with Gasteiger partial charge in [0.15, 0.2) is 0 Å². The fourth-order valence-electron chi connectivity index (χ4n) is 3.54. The largest absolute Gasteiger partial charge is 0.508 e. The Morgan fingerprint density at radius 3 is 2.31 bits per heavy atom. The van der Waals surface area contributed by atoms with Gasteiger partial charge < -0.3 is 36.9 Å². The summed E-state index contributed by atoms with van der Waals surface area (Å²) >= 11 is 0. The van der Waals surface area contributed by atoms with Gasteiger partial charge in [-0.3, -0.25) is 19.2 Å². The van der Waals surface area contributed by atoms with Gasteiger partial charge in [0, 0.05) is 23.5 Å².